The molecule has 2 atom stereocenters. The average molecular weight is 373 g/mol. The van der Waals surface area contributed by atoms with Gasteiger partial charge in [-0.3, -0.25) is 0 Å². The Balaban J connectivity index is 1.60. The number of hydrogen-bond donors (Lipinski definition) is 0. The van der Waals surface area contributed by atoms with Crippen molar-refractivity contribution in [3.63, 3.8) is 0 Å². The maximum absolute atomic E-state index is 5.45. The van der Waals surface area contributed by atoms with Crippen molar-refractivity contribution in [2.24, 2.45) is 0 Å². The van der Waals surface area contributed by atoms with Crippen LogP contribution in [0, 0.1) is 0 Å². The molecule has 1 saturated carbocycles. The molecule has 1 aromatic carbocycles. The van der Waals surface area contributed by atoms with Crippen LogP contribution in [0.2, 0.25) is 0 Å². The van der Waals surface area contributed by atoms with Crippen LogP contribution in [-0.4, -0.2) is 38.8 Å². The smallest absolute Gasteiger partial charge is 0.319 e. The van der Waals surface area contributed by atoms with Crippen molar-refractivity contribution < 1.29 is 9.47 Å². The van der Waals surface area contributed by atoms with Gasteiger partial charge in [-0.25, -0.2) is 14.5 Å². The highest BCUT2D eigenvalue weighted by atomic mass is 16.5. The molecule has 140 valence electrons. The van der Waals surface area contributed by atoms with Crippen molar-refractivity contribution in [3.05, 3.63) is 66.1 Å². The van der Waals surface area contributed by atoms with E-state index in [1.807, 2.05) is 16.8 Å². The molecule has 3 aromatic heterocycles. The summed E-state index contributed by atoms with van der Waals surface area (Å²) in [6.45, 7) is 0. The van der Waals surface area contributed by atoms with E-state index < -0.39 is 0 Å². The van der Waals surface area contributed by atoms with Gasteiger partial charge in [-0.05, 0) is 29.9 Å². The zero-order chi connectivity index (χ0) is 19.1. The fourth-order valence-electron chi connectivity index (χ4n) is 3.73. The summed E-state index contributed by atoms with van der Waals surface area (Å²) in [5.41, 5.74) is 4.90. The van der Waals surface area contributed by atoms with Crippen molar-refractivity contribution in [3.8, 4) is 23.1 Å². The lowest BCUT2D eigenvalue weighted by atomic mass is 10.0. The van der Waals surface area contributed by atoms with E-state index >= 15 is 0 Å². The second-order valence-electron chi connectivity index (χ2n) is 6.82. The fourth-order valence-corrected chi connectivity index (χ4v) is 3.73. The van der Waals surface area contributed by atoms with Crippen molar-refractivity contribution in [1.82, 2.24) is 24.6 Å². The predicted molar refractivity (Wildman–Crippen MR) is 104 cm³/mol. The number of ether oxygens (including phenoxy) is 2. The van der Waals surface area contributed by atoms with Gasteiger partial charge in [0.2, 0.25) is 5.88 Å². The normalized spacial score (nSPS) is 18.2. The van der Waals surface area contributed by atoms with Gasteiger partial charge in [0, 0.05) is 24.2 Å². The number of imidazole rings is 1. The number of benzene rings is 1. The Bertz CT molecular complexity index is 1140. The highest BCUT2D eigenvalue weighted by Crippen LogP contribution is 2.55. The highest BCUT2D eigenvalue weighted by molar-refractivity contribution is 5.68. The first kappa shape index (κ1) is 16.7. The summed E-state index contributed by atoms with van der Waals surface area (Å²) in [6, 6.07) is 13.0. The van der Waals surface area contributed by atoms with Gasteiger partial charge in [0.1, 0.15) is 0 Å². The average Bonchev–Trinajstić information content (AvgIpc) is 3.41. The Morgan fingerprint density at radius 2 is 1.89 bits per heavy atom. The number of aromatic nitrogens is 5. The van der Waals surface area contributed by atoms with E-state index in [0.717, 1.165) is 23.3 Å². The maximum Gasteiger partial charge on any atom is 0.319 e. The fraction of sp³-hybridized carbons (Fsp3) is 0.238. The molecule has 4 aromatic rings. The third-order valence-electron chi connectivity index (χ3n) is 5.19. The summed E-state index contributed by atoms with van der Waals surface area (Å²) < 4.78 is 12.4. The maximum atomic E-state index is 5.45. The molecule has 3 heterocycles. The van der Waals surface area contributed by atoms with Crippen LogP contribution in [0.4, 0.5) is 0 Å². The molecule has 1 aliphatic carbocycles. The molecule has 0 radical (unpaired) electrons. The van der Waals surface area contributed by atoms with Crippen LogP contribution >= 0.6 is 0 Å². The van der Waals surface area contributed by atoms with E-state index in [4.69, 9.17) is 14.6 Å². The van der Waals surface area contributed by atoms with Gasteiger partial charge in [0.05, 0.1) is 25.5 Å². The summed E-state index contributed by atoms with van der Waals surface area (Å²) in [5, 5.41) is 4.69. The molecule has 0 spiro atoms. The lowest BCUT2D eigenvalue weighted by Crippen LogP contribution is -2.02. The number of hydrogen-bond acceptors (Lipinski definition) is 6. The van der Waals surface area contributed by atoms with E-state index in [9.17, 15) is 0 Å². The minimum absolute atomic E-state index is 0.260. The van der Waals surface area contributed by atoms with Crippen LogP contribution in [0.5, 0.6) is 11.9 Å². The summed E-state index contributed by atoms with van der Waals surface area (Å²) in [5.74, 6) is 1.35. The quantitative estimate of drug-likeness (QED) is 0.533. The summed E-state index contributed by atoms with van der Waals surface area (Å²) in [4.78, 5) is 13.0. The van der Waals surface area contributed by atoms with Gasteiger partial charge >= 0.3 is 6.01 Å². The molecule has 0 saturated heterocycles. The van der Waals surface area contributed by atoms with Crippen LogP contribution in [0.3, 0.4) is 0 Å². The van der Waals surface area contributed by atoms with Crippen LogP contribution in [-0.2, 0) is 0 Å². The molecule has 5 rings (SSSR count). The monoisotopic (exact) mass is 373 g/mol. The first-order chi connectivity index (χ1) is 13.8. The largest absolute Gasteiger partial charge is 0.480 e. The third-order valence-corrected chi connectivity index (χ3v) is 5.19. The number of rotatable bonds is 5. The molecule has 0 unspecified atom stereocenters. The lowest BCUT2D eigenvalue weighted by molar-refractivity contribution is 0.353. The Labute approximate surface area is 162 Å². The topological polar surface area (TPSA) is 74.4 Å². The molecule has 1 fully saturated rings. The Kier molecular flexibility index (Phi) is 3.93. The van der Waals surface area contributed by atoms with E-state index in [-0.39, 0.29) is 6.01 Å². The van der Waals surface area contributed by atoms with Crippen molar-refractivity contribution in [2.75, 3.05) is 14.2 Å². The third kappa shape index (κ3) is 2.76. The molecule has 28 heavy (non-hydrogen) atoms. The molecular weight excluding hydrogens is 354 g/mol. The predicted octanol–water partition coefficient (Wildman–Crippen LogP) is 3.47. The molecule has 0 bridgehead atoms. The summed E-state index contributed by atoms with van der Waals surface area (Å²) in [7, 11) is 3.10. The zero-order valence-corrected chi connectivity index (χ0v) is 15.6. The second-order valence-corrected chi connectivity index (χ2v) is 6.82. The lowest BCUT2D eigenvalue weighted by Gasteiger charge is -2.10. The highest BCUT2D eigenvalue weighted by Gasteiger charge is 2.41. The Morgan fingerprint density at radius 1 is 1.04 bits per heavy atom. The Morgan fingerprint density at radius 3 is 2.68 bits per heavy atom. The van der Waals surface area contributed by atoms with Crippen LogP contribution in [0.25, 0.3) is 16.9 Å². The minimum Gasteiger partial charge on any atom is -0.480 e. The summed E-state index contributed by atoms with van der Waals surface area (Å²) >= 11 is 0. The molecule has 1 aliphatic rings. The van der Waals surface area contributed by atoms with Crippen LogP contribution < -0.4 is 9.47 Å². The second kappa shape index (κ2) is 6.60. The molecule has 0 amide bonds. The molecule has 7 heteroatoms. The molecule has 7 nitrogen and oxygen atoms in total. The SMILES string of the molecule is COc1ncc(-c2cc([C@H]3C[C@@H]3c3ccccc3)c3nccn3n2)c(OC)n1. The number of fused-ring (bicyclic) bond motifs is 1. The van der Waals surface area contributed by atoms with Crippen molar-refractivity contribution in [1.29, 1.82) is 0 Å². The first-order valence-electron chi connectivity index (χ1n) is 9.13. The van der Waals surface area contributed by atoms with Crippen molar-refractivity contribution >= 4 is 5.65 Å². The molecule has 0 aliphatic heterocycles. The van der Waals surface area contributed by atoms with Gasteiger partial charge in [-0.1, -0.05) is 30.3 Å². The number of nitrogens with zero attached hydrogens (tertiary/aromatic N) is 5. The molecule has 0 N–H and O–H groups in total. The number of methoxy groups -OCH3 is 2. The van der Waals surface area contributed by atoms with Gasteiger partial charge in [0.25, 0.3) is 0 Å². The van der Waals surface area contributed by atoms with Crippen LogP contribution in [0.1, 0.15) is 29.4 Å². The molecular formula is C21H19N5O2. The van der Waals surface area contributed by atoms with Gasteiger partial charge in [0.15, 0.2) is 5.65 Å². The van der Waals surface area contributed by atoms with E-state index in [1.165, 1.54) is 18.2 Å². The summed E-state index contributed by atoms with van der Waals surface area (Å²) in [6.07, 6.45) is 6.42. The Hall–Kier alpha value is -3.48. The van der Waals surface area contributed by atoms with E-state index in [0.29, 0.717) is 17.7 Å². The van der Waals surface area contributed by atoms with Crippen molar-refractivity contribution in [2.45, 2.75) is 18.3 Å². The first-order valence-corrected chi connectivity index (χ1v) is 9.13. The van der Waals surface area contributed by atoms with Gasteiger partial charge in [-0.15, -0.1) is 0 Å². The van der Waals surface area contributed by atoms with E-state index in [1.54, 1.807) is 19.5 Å². The van der Waals surface area contributed by atoms with Gasteiger partial charge in [-0.2, -0.15) is 10.1 Å². The van der Waals surface area contributed by atoms with E-state index in [2.05, 4.69) is 45.3 Å². The zero-order valence-electron chi connectivity index (χ0n) is 15.6. The minimum atomic E-state index is 0.260. The van der Waals surface area contributed by atoms with Crippen LogP contribution in [0.15, 0.2) is 55.0 Å². The standard InChI is InChI=1S/C21H19N5O2/c1-27-20-17(12-23-21(24-20)28-2)18-11-16(19-22-8-9-26(19)25-18)15-10-14(15)13-6-4-3-5-7-13/h3-9,11-12,14-15H,10H2,1-2H3/t14-,15+/m1/s1. The van der Waals surface area contributed by atoms with Gasteiger partial charge < -0.3 is 9.47 Å².